The first-order valence-electron chi connectivity index (χ1n) is 7.54. The number of amides is 2. The Labute approximate surface area is 135 Å². The number of ether oxygens (including phenoxy) is 1. The van der Waals surface area contributed by atoms with Crippen molar-refractivity contribution in [2.24, 2.45) is 5.92 Å². The standard InChI is InChI=1S/C14H25N5O2S/c1-10-8-19(9-11-7-17-13(15)22-11)5-3-12(10)18-14(20)16-4-6-21-2/h7,10,12H,3-6,8-9H2,1-2H3,(H2,15,17)(H2,16,18,20). The number of hydrogen-bond acceptors (Lipinski definition) is 6. The van der Waals surface area contributed by atoms with Gasteiger partial charge in [-0.1, -0.05) is 6.92 Å². The van der Waals surface area contributed by atoms with Crippen LogP contribution in [0.15, 0.2) is 6.20 Å². The normalized spacial score (nSPS) is 22.5. The van der Waals surface area contributed by atoms with E-state index < -0.39 is 0 Å². The monoisotopic (exact) mass is 327 g/mol. The molecule has 1 saturated heterocycles. The number of anilines is 1. The number of nitrogens with one attached hydrogen (secondary N) is 2. The molecule has 1 aliphatic heterocycles. The van der Waals surface area contributed by atoms with Crippen molar-refractivity contribution in [3.8, 4) is 0 Å². The van der Waals surface area contributed by atoms with Gasteiger partial charge in [0.1, 0.15) is 0 Å². The minimum absolute atomic E-state index is 0.113. The summed E-state index contributed by atoms with van der Waals surface area (Å²) in [5.74, 6) is 0.409. The highest BCUT2D eigenvalue weighted by Gasteiger charge is 2.27. The van der Waals surface area contributed by atoms with Gasteiger partial charge in [-0.3, -0.25) is 4.90 Å². The Hall–Kier alpha value is -1.38. The van der Waals surface area contributed by atoms with E-state index in [4.69, 9.17) is 10.5 Å². The fraction of sp³-hybridized carbons (Fsp3) is 0.714. The minimum atomic E-state index is -0.113. The van der Waals surface area contributed by atoms with Gasteiger partial charge in [0, 0.05) is 50.4 Å². The van der Waals surface area contributed by atoms with Gasteiger partial charge in [0.05, 0.1) is 6.61 Å². The number of nitrogen functional groups attached to an aromatic ring is 1. The van der Waals surface area contributed by atoms with E-state index in [0.29, 0.717) is 24.2 Å². The zero-order valence-corrected chi connectivity index (χ0v) is 14.0. The van der Waals surface area contributed by atoms with Gasteiger partial charge in [-0.05, 0) is 12.3 Å². The Bertz CT molecular complexity index is 482. The van der Waals surface area contributed by atoms with Crippen LogP contribution in [0.25, 0.3) is 0 Å². The molecular formula is C14H25N5O2S. The van der Waals surface area contributed by atoms with Crippen LogP contribution in [0, 0.1) is 5.92 Å². The third kappa shape index (κ3) is 5.11. The summed E-state index contributed by atoms with van der Waals surface area (Å²) in [6, 6.07) is 0.0999. The van der Waals surface area contributed by atoms with Crippen LogP contribution in [-0.2, 0) is 11.3 Å². The average molecular weight is 327 g/mol. The molecule has 2 amide bonds. The molecule has 0 saturated carbocycles. The number of aromatic nitrogens is 1. The number of carbonyl (C=O) groups excluding carboxylic acids is 1. The van der Waals surface area contributed by atoms with Crippen molar-refractivity contribution in [2.45, 2.75) is 25.9 Å². The van der Waals surface area contributed by atoms with E-state index >= 15 is 0 Å². The summed E-state index contributed by atoms with van der Waals surface area (Å²) in [5, 5.41) is 6.47. The summed E-state index contributed by atoms with van der Waals surface area (Å²) in [5.41, 5.74) is 5.66. The molecule has 124 valence electrons. The molecule has 1 aromatic heterocycles. The van der Waals surface area contributed by atoms with Crippen LogP contribution >= 0.6 is 11.3 Å². The lowest BCUT2D eigenvalue weighted by molar-refractivity contribution is 0.142. The number of thiazole rings is 1. The maximum atomic E-state index is 11.8. The number of piperidine rings is 1. The summed E-state index contributed by atoms with van der Waals surface area (Å²) >= 11 is 1.54. The smallest absolute Gasteiger partial charge is 0.315 e. The molecule has 22 heavy (non-hydrogen) atoms. The van der Waals surface area contributed by atoms with E-state index in [0.717, 1.165) is 26.1 Å². The minimum Gasteiger partial charge on any atom is -0.383 e. The lowest BCUT2D eigenvalue weighted by atomic mass is 9.94. The highest BCUT2D eigenvalue weighted by Crippen LogP contribution is 2.22. The Balaban J connectivity index is 1.73. The second kappa shape index (κ2) is 8.30. The molecular weight excluding hydrogens is 302 g/mol. The largest absolute Gasteiger partial charge is 0.383 e. The molecule has 2 atom stereocenters. The van der Waals surface area contributed by atoms with Crippen molar-refractivity contribution in [1.82, 2.24) is 20.5 Å². The Kier molecular flexibility index (Phi) is 6.41. The maximum Gasteiger partial charge on any atom is 0.315 e. The van der Waals surface area contributed by atoms with Crippen molar-refractivity contribution in [3.05, 3.63) is 11.1 Å². The molecule has 1 fully saturated rings. The molecule has 2 unspecified atom stereocenters. The number of carbonyl (C=O) groups is 1. The Morgan fingerprint density at radius 1 is 1.64 bits per heavy atom. The third-order valence-electron chi connectivity index (χ3n) is 3.85. The molecule has 0 aliphatic carbocycles. The van der Waals surface area contributed by atoms with E-state index in [-0.39, 0.29) is 12.1 Å². The number of nitrogens with two attached hydrogens (primary N) is 1. The number of nitrogens with zero attached hydrogens (tertiary/aromatic N) is 2. The van der Waals surface area contributed by atoms with Crippen LogP contribution in [0.4, 0.5) is 9.93 Å². The summed E-state index contributed by atoms with van der Waals surface area (Å²) in [6.45, 7) is 6.03. The molecule has 0 bridgehead atoms. The lowest BCUT2D eigenvalue weighted by Crippen LogP contribution is -2.52. The van der Waals surface area contributed by atoms with Crippen molar-refractivity contribution in [2.75, 3.05) is 39.1 Å². The zero-order valence-electron chi connectivity index (χ0n) is 13.2. The predicted octanol–water partition coefficient (Wildman–Crippen LogP) is 0.881. The summed E-state index contributed by atoms with van der Waals surface area (Å²) < 4.78 is 4.91. The quantitative estimate of drug-likeness (QED) is 0.675. The second-order valence-corrected chi connectivity index (χ2v) is 6.81. The molecule has 1 aromatic rings. The molecule has 0 radical (unpaired) electrons. The van der Waals surface area contributed by atoms with Gasteiger partial charge in [0.25, 0.3) is 0 Å². The zero-order chi connectivity index (χ0) is 15.9. The summed E-state index contributed by atoms with van der Waals surface area (Å²) in [7, 11) is 1.62. The van der Waals surface area contributed by atoms with Gasteiger partial charge in [0.2, 0.25) is 0 Å². The first-order chi connectivity index (χ1) is 10.6. The highest BCUT2D eigenvalue weighted by atomic mass is 32.1. The number of urea groups is 1. The van der Waals surface area contributed by atoms with Crippen LogP contribution in [0.3, 0.4) is 0 Å². The summed E-state index contributed by atoms with van der Waals surface area (Å²) in [6.07, 6.45) is 2.80. The summed E-state index contributed by atoms with van der Waals surface area (Å²) in [4.78, 5) is 19.5. The van der Waals surface area contributed by atoms with Gasteiger partial charge in [-0.2, -0.15) is 0 Å². The van der Waals surface area contributed by atoms with Crippen LogP contribution in [-0.4, -0.2) is 55.3 Å². The number of likely N-dealkylation sites (tertiary alicyclic amines) is 1. The van der Waals surface area contributed by atoms with Gasteiger partial charge in [-0.15, -0.1) is 11.3 Å². The van der Waals surface area contributed by atoms with E-state index in [9.17, 15) is 4.79 Å². The van der Waals surface area contributed by atoms with Crippen molar-refractivity contribution in [3.63, 3.8) is 0 Å². The molecule has 0 spiro atoms. The number of rotatable bonds is 6. The van der Waals surface area contributed by atoms with E-state index in [1.165, 1.54) is 16.2 Å². The second-order valence-electron chi connectivity index (χ2n) is 5.67. The van der Waals surface area contributed by atoms with Crippen molar-refractivity contribution in [1.29, 1.82) is 0 Å². The van der Waals surface area contributed by atoms with Gasteiger partial charge >= 0.3 is 6.03 Å². The first kappa shape index (κ1) is 17.0. The molecule has 1 aliphatic rings. The van der Waals surface area contributed by atoms with E-state index in [1.54, 1.807) is 7.11 Å². The molecule has 2 rings (SSSR count). The van der Waals surface area contributed by atoms with Gasteiger partial charge < -0.3 is 21.1 Å². The SMILES string of the molecule is COCCNC(=O)NC1CCN(Cc2cnc(N)s2)CC1C. The maximum absolute atomic E-state index is 11.8. The van der Waals surface area contributed by atoms with E-state index in [1.807, 2.05) is 6.20 Å². The van der Waals surface area contributed by atoms with Crippen LogP contribution < -0.4 is 16.4 Å². The lowest BCUT2D eigenvalue weighted by Gasteiger charge is -2.37. The number of methoxy groups -OCH3 is 1. The van der Waals surface area contributed by atoms with Crippen LogP contribution in [0.2, 0.25) is 0 Å². The van der Waals surface area contributed by atoms with Crippen LogP contribution in [0.1, 0.15) is 18.2 Å². The Morgan fingerprint density at radius 3 is 3.09 bits per heavy atom. The van der Waals surface area contributed by atoms with Gasteiger partial charge in [-0.25, -0.2) is 9.78 Å². The Morgan fingerprint density at radius 2 is 2.45 bits per heavy atom. The van der Waals surface area contributed by atoms with Crippen molar-refractivity contribution < 1.29 is 9.53 Å². The van der Waals surface area contributed by atoms with E-state index in [2.05, 4.69) is 27.4 Å². The first-order valence-corrected chi connectivity index (χ1v) is 8.36. The molecule has 4 N–H and O–H groups in total. The average Bonchev–Trinajstić information content (AvgIpc) is 2.87. The third-order valence-corrected chi connectivity index (χ3v) is 4.66. The number of hydrogen-bond donors (Lipinski definition) is 3. The van der Waals surface area contributed by atoms with Crippen LogP contribution in [0.5, 0.6) is 0 Å². The highest BCUT2D eigenvalue weighted by molar-refractivity contribution is 7.15. The fourth-order valence-electron chi connectivity index (χ4n) is 2.69. The molecule has 0 aromatic carbocycles. The fourth-order valence-corrected chi connectivity index (χ4v) is 3.42. The van der Waals surface area contributed by atoms with Gasteiger partial charge in [0.15, 0.2) is 5.13 Å². The molecule has 7 nitrogen and oxygen atoms in total. The molecule has 8 heteroatoms. The predicted molar refractivity (Wildman–Crippen MR) is 87.8 cm³/mol. The van der Waals surface area contributed by atoms with Crippen molar-refractivity contribution >= 4 is 22.5 Å². The molecule has 2 heterocycles. The topological polar surface area (TPSA) is 92.5 Å².